The molecule has 0 aromatic carbocycles. The summed E-state index contributed by atoms with van der Waals surface area (Å²) < 4.78 is 37.7. The van der Waals surface area contributed by atoms with Gasteiger partial charge in [-0.15, -0.1) is 0 Å². The predicted molar refractivity (Wildman–Crippen MR) is 79.2 cm³/mol. The van der Waals surface area contributed by atoms with E-state index in [1.807, 2.05) is 18.8 Å². The smallest absolute Gasteiger partial charge is 0.396 e. The van der Waals surface area contributed by atoms with Crippen LogP contribution in [0.4, 0.5) is 23.7 Å². The molecule has 1 rings (SSSR count). The van der Waals surface area contributed by atoms with Gasteiger partial charge in [0.25, 0.3) is 5.56 Å². The molecule has 0 spiro atoms. The molecule has 0 unspecified atom stereocenters. The molecule has 4 N–H and O–H groups in total. The molecular formula is C14H20F3N3O3. The maximum absolute atomic E-state index is 12.6. The lowest BCUT2D eigenvalue weighted by Crippen LogP contribution is -2.32. The summed E-state index contributed by atoms with van der Waals surface area (Å²) in [5, 5.41) is 13.6. The number of urea groups is 1. The molecule has 0 radical (unpaired) electrons. The van der Waals surface area contributed by atoms with Crippen molar-refractivity contribution in [3.8, 4) is 0 Å². The van der Waals surface area contributed by atoms with E-state index >= 15 is 0 Å². The van der Waals surface area contributed by atoms with E-state index < -0.39 is 29.0 Å². The van der Waals surface area contributed by atoms with Crippen molar-refractivity contribution in [2.75, 3.05) is 18.5 Å². The Morgan fingerprint density at radius 3 is 2.57 bits per heavy atom. The van der Waals surface area contributed by atoms with E-state index in [9.17, 15) is 22.8 Å². The van der Waals surface area contributed by atoms with Gasteiger partial charge in [0.1, 0.15) is 5.69 Å². The zero-order chi connectivity index (χ0) is 17.7. The van der Waals surface area contributed by atoms with Crippen LogP contribution in [0.1, 0.15) is 32.3 Å². The molecule has 0 aliphatic rings. The van der Waals surface area contributed by atoms with Gasteiger partial charge in [-0.2, -0.15) is 13.2 Å². The summed E-state index contributed by atoms with van der Waals surface area (Å²) in [6.45, 7) is 4.02. The first-order valence-corrected chi connectivity index (χ1v) is 7.01. The summed E-state index contributed by atoms with van der Waals surface area (Å²) in [6.07, 6.45) is -2.83. The summed E-state index contributed by atoms with van der Waals surface area (Å²) in [5.41, 5.74) is -2.63. The standard InChI is InChI=1S/C14H20F3N3O3/c1-13(2,8-21)4-3-5-18-12(23)20-10-6-9(14(15,16)17)7-19-11(10)22/h6-7,21H,3-5,8H2,1-2H3,(H,19,22)(H2,18,20,23). The topological polar surface area (TPSA) is 94.2 Å². The fourth-order valence-electron chi connectivity index (χ4n) is 1.75. The summed E-state index contributed by atoms with van der Waals surface area (Å²) in [5.74, 6) is 0. The quantitative estimate of drug-likeness (QED) is 0.601. The van der Waals surface area contributed by atoms with Crippen LogP contribution >= 0.6 is 0 Å². The van der Waals surface area contributed by atoms with Gasteiger partial charge in [0, 0.05) is 19.3 Å². The number of aliphatic hydroxyl groups excluding tert-OH is 1. The molecule has 6 nitrogen and oxygen atoms in total. The lowest BCUT2D eigenvalue weighted by Gasteiger charge is -2.21. The monoisotopic (exact) mass is 335 g/mol. The number of H-pyrrole nitrogens is 1. The molecule has 0 saturated heterocycles. The van der Waals surface area contributed by atoms with Gasteiger partial charge in [-0.1, -0.05) is 13.8 Å². The zero-order valence-electron chi connectivity index (χ0n) is 12.9. The highest BCUT2D eigenvalue weighted by molar-refractivity contribution is 5.89. The Labute approximate surface area is 131 Å². The Hall–Kier alpha value is -2.03. The van der Waals surface area contributed by atoms with Crippen LogP contribution in [0.5, 0.6) is 0 Å². The van der Waals surface area contributed by atoms with E-state index in [1.165, 1.54) is 0 Å². The lowest BCUT2D eigenvalue weighted by molar-refractivity contribution is -0.137. The second-order valence-electron chi connectivity index (χ2n) is 5.94. The first-order chi connectivity index (χ1) is 10.5. The molecule has 1 heterocycles. The molecular weight excluding hydrogens is 315 g/mol. The maximum Gasteiger partial charge on any atom is 0.417 e. The van der Waals surface area contributed by atoms with Crippen molar-refractivity contribution in [1.82, 2.24) is 10.3 Å². The van der Waals surface area contributed by atoms with Gasteiger partial charge in [0.05, 0.1) is 5.56 Å². The number of amides is 2. The number of carbonyl (C=O) groups excluding carboxylic acids is 1. The van der Waals surface area contributed by atoms with Gasteiger partial charge in [-0.3, -0.25) is 4.79 Å². The number of aromatic amines is 1. The maximum atomic E-state index is 12.6. The van der Waals surface area contributed by atoms with Gasteiger partial charge in [-0.25, -0.2) is 4.79 Å². The van der Waals surface area contributed by atoms with Crippen molar-refractivity contribution in [2.24, 2.45) is 5.41 Å². The third-order valence-corrected chi connectivity index (χ3v) is 3.22. The number of hydrogen-bond donors (Lipinski definition) is 4. The number of anilines is 1. The molecule has 130 valence electrons. The van der Waals surface area contributed by atoms with Crippen LogP contribution in [0.15, 0.2) is 17.1 Å². The second kappa shape index (κ2) is 7.49. The summed E-state index contributed by atoms with van der Waals surface area (Å²) in [4.78, 5) is 25.0. The van der Waals surface area contributed by atoms with Crippen LogP contribution in [0.2, 0.25) is 0 Å². The van der Waals surface area contributed by atoms with Crippen LogP contribution < -0.4 is 16.2 Å². The van der Waals surface area contributed by atoms with E-state index in [-0.39, 0.29) is 18.6 Å². The molecule has 0 aliphatic carbocycles. The highest BCUT2D eigenvalue weighted by Crippen LogP contribution is 2.29. The Kier molecular flexibility index (Phi) is 6.20. The van der Waals surface area contributed by atoms with Crippen molar-refractivity contribution in [3.05, 3.63) is 28.2 Å². The SMILES string of the molecule is CC(C)(CO)CCCNC(=O)Nc1cc(C(F)(F)F)c[nH]c1=O. The highest BCUT2D eigenvalue weighted by atomic mass is 19.4. The molecule has 0 bridgehead atoms. The van der Waals surface area contributed by atoms with Crippen molar-refractivity contribution in [1.29, 1.82) is 0 Å². The molecule has 1 aromatic heterocycles. The third-order valence-electron chi connectivity index (χ3n) is 3.22. The Balaban J connectivity index is 2.56. The van der Waals surface area contributed by atoms with Crippen molar-refractivity contribution >= 4 is 11.7 Å². The van der Waals surface area contributed by atoms with E-state index in [2.05, 4.69) is 10.6 Å². The predicted octanol–water partition coefficient (Wildman–Crippen LogP) is 2.31. The van der Waals surface area contributed by atoms with Crippen molar-refractivity contribution in [2.45, 2.75) is 32.9 Å². The molecule has 0 aliphatic heterocycles. The van der Waals surface area contributed by atoms with Gasteiger partial charge in [-0.05, 0) is 24.3 Å². The molecule has 9 heteroatoms. The van der Waals surface area contributed by atoms with Gasteiger partial charge >= 0.3 is 12.2 Å². The molecule has 23 heavy (non-hydrogen) atoms. The van der Waals surface area contributed by atoms with Crippen molar-refractivity contribution in [3.63, 3.8) is 0 Å². The largest absolute Gasteiger partial charge is 0.417 e. The van der Waals surface area contributed by atoms with E-state index in [0.717, 1.165) is 0 Å². The number of alkyl halides is 3. The van der Waals surface area contributed by atoms with Crippen LogP contribution in [0.3, 0.4) is 0 Å². The third kappa shape index (κ3) is 6.31. The molecule has 1 aromatic rings. The normalized spacial score (nSPS) is 12.1. The Morgan fingerprint density at radius 2 is 2.00 bits per heavy atom. The average molecular weight is 335 g/mol. The number of carbonyl (C=O) groups is 1. The number of halogens is 3. The second-order valence-corrected chi connectivity index (χ2v) is 5.94. The van der Waals surface area contributed by atoms with E-state index in [4.69, 9.17) is 5.11 Å². The minimum absolute atomic E-state index is 0.0127. The highest BCUT2D eigenvalue weighted by Gasteiger charge is 2.31. The van der Waals surface area contributed by atoms with Crippen LogP contribution in [0, 0.1) is 5.41 Å². The Morgan fingerprint density at radius 1 is 1.35 bits per heavy atom. The van der Waals surface area contributed by atoms with E-state index in [1.54, 1.807) is 0 Å². The number of aliphatic hydroxyl groups is 1. The van der Waals surface area contributed by atoms with Gasteiger partial charge in [0.2, 0.25) is 0 Å². The number of hydrogen-bond acceptors (Lipinski definition) is 3. The number of aromatic nitrogens is 1. The van der Waals surface area contributed by atoms with Crippen LogP contribution in [-0.2, 0) is 6.18 Å². The number of rotatable bonds is 6. The average Bonchev–Trinajstić information content (AvgIpc) is 2.45. The summed E-state index contributed by atoms with van der Waals surface area (Å²) >= 11 is 0. The Bertz CT molecular complexity index is 597. The molecule has 0 fully saturated rings. The summed E-state index contributed by atoms with van der Waals surface area (Å²) in [6, 6.07) is -0.190. The first kappa shape index (κ1) is 19.0. The fraction of sp³-hybridized carbons (Fsp3) is 0.571. The molecule has 0 saturated carbocycles. The van der Waals surface area contributed by atoms with Crippen LogP contribution in [0.25, 0.3) is 0 Å². The number of nitrogens with one attached hydrogen (secondary N) is 3. The zero-order valence-corrected chi connectivity index (χ0v) is 12.9. The first-order valence-electron chi connectivity index (χ1n) is 7.01. The summed E-state index contributed by atoms with van der Waals surface area (Å²) in [7, 11) is 0. The van der Waals surface area contributed by atoms with Gasteiger partial charge in [0.15, 0.2) is 0 Å². The fourth-order valence-corrected chi connectivity index (χ4v) is 1.75. The van der Waals surface area contributed by atoms with Crippen LogP contribution in [-0.4, -0.2) is 29.3 Å². The minimum Gasteiger partial charge on any atom is -0.396 e. The lowest BCUT2D eigenvalue weighted by atomic mass is 9.89. The van der Waals surface area contributed by atoms with Gasteiger partial charge < -0.3 is 20.7 Å². The van der Waals surface area contributed by atoms with E-state index in [0.29, 0.717) is 25.1 Å². The minimum atomic E-state index is -4.62. The number of pyridine rings is 1. The van der Waals surface area contributed by atoms with Crippen molar-refractivity contribution < 1.29 is 23.1 Å². The molecule has 2 amide bonds. The molecule has 0 atom stereocenters.